The van der Waals surface area contributed by atoms with Crippen LogP contribution >= 0.6 is 0 Å². The molecular formula is C51H57N5O8. The highest BCUT2D eigenvalue weighted by Crippen LogP contribution is 2.42. The molecule has 4 heterocycles. The Balaban J connectivity index is 0.876. The lowest BCUT2D eigenvalue weighted by molar-refractivity contribution is -0.0291. The lowest BCUT2D eigenvalue weighted by atomic mass is 9.94. The third-order valence-electron chi connectivity index (χ3n) is 12.5. The van der Waals surface area contributed by atoms with Crippen LogP contribution in [0.2, 0.25) is 0 Å². The van der Waals surface area contributed by atoms with Crippen molar-refractivity contribution in [3.8, 4) is 28.7 Å². The molecule has 0 spiro atoms. The fourth-order valence-corrected chi connectivity index (χ4v) is 8.23. The molecular weight excluding hydrogens is 811 g/mol. The van der Waals surface area contributed by atoms with E-state index in [9.17, 15) is 9.59 Å². The van der Waals surface area contributed by atoms with Gasteiger partial charge in [0.05, 0.1) is 74.7 Å². The Bertz CT molecular complexity index is 2530. The van der Waals surface area contributed by atoms with Gasteiger partial charge < -0.3 is 43.5 Å². The van der Waals surface area contributed by atoms with Gasteiger partial charge in [-0.05, 0) is 93.3 Å². The summed E-state index contributed by atoms with van der Waals surface area (Å²) in [6.45, 7) is 9.76. The largest absolute Gasteiger partial charge is 0.497 e. The molecule has 13 heteroatoms. The van der Waals surface area contributed by atoms with Crippen LogP contribution in [-0.4, -0.2) is 99.9 Å². The van der Waals surface area contributed by atoms with Crippen LogP contribution in [0, 0.1) is 0 Å². The van der Waals surface area contributed by atoms with Gasteiger partial charge in [-0.1, -0.05) is 36.4 Å². The molecule has 0 aromatic heterocycles. The Hall–Kier alpha value is -6.44. The van der Waals surface area contributed by atoms with Gasteiger partial charge in [0.25, 0.3) is 11.8 Å². The number of carbonyl (C=O) groups is 2. The molecule has 4 aliphatic heterocycles. The zero-order valence-corrected chi connectivity index (χ0v) is 37.9. The maximum atomic E-state index is 14.0. The van der Waals surface area contributed by atoms with E-state index in [0.717, 1.165) is 40.0 Å². The van der Waals surface area contributed by atoms with Crippen molar-refractivity contribution in [2.75, 3.05) is 48.2 Å². The summed E-state index contributed by atoms with van der Waals surface area (Å²) in [6.07, 6.45) is 10.2. The first-order chi connectivity index (χ1) is 30.8. The van der Waals surface area contributed by atoms with Crippen LogP contribution in [0.5, 0.6) is 28.7 Å². The van der Waals surface area contributed by atoms with Gasteiger partial charge in [0.2, 0.25) is 0 Å². The number of methoxy groups -OCH3 is 3. The molecule has 0 saturated carbocycles. The second-order valence-corrected chi connectivity index (χ2v) is 17.5. The average Bonchev–Trinajstić information content (AvgIpc) is 3.88. The monoisotopic (exact) mass is 867 g/mol. The molecule has 0 aliphatic carbocycles. The summed E-state index contributed by atoms with van der Waals surface area (Å²) in [5.41, 5.74) is 6.75. The van der Waals surface area contributed by atoms with Crippen LogP contribution in [-0.2, 0) is 10.3 Å². The summed E-state index contributed by atoms with van der Waals surface area (Å²) in [6, 6.07) is 22.7. The number of amides is 2. The summed E-state index contributed by atoms with van der Waals surface area (Å²) in [5, 5.41) is 3.33. The number of ether oxygens (including phenoxy) is 6. The number of nitrogens with zero attached hydrogens (tertiary/aromatic N) is 4. The molecule has 0 radical (unpaired) electrons. The summed E-state index contributed by atoms with van der Waals surface area (Å²) in [4.78, 5) is 40.8. The summed E-state index contributed by atoms with van der Waals surface area (Å²) in [5.74, 6) is 2.28. The van der Waals surface area contributed by atoms with Gasteiger partial charge in [0, 0.05) is 68.4 Å². The maximum absolute atomic E-state index is 14.0. The van der Waals surface area contributed by atoms with Crippen molar-refractivity contribution in [3.63, 3.8) is 0 Å². The van der Waals surface area contributed by atoms with Gasteiger partial charge in [0.1, 0.15) is 5.75 Å². The van der Waals surface area contributed by atoms with Crippen molar-refractivity contribution in [1.82, 2.24) is 15.1 Å². The minimum absolute atomic E-state index is 0.00526. The zero-order chi connectivity index (χ0) is 45.2. The van der Waals surface area contributed by atoms with E-state index < -0.39 is 5.60 Å². The van der Waals surface area contributed by atoms with Crippen LogP contribution in [0.3, 0.4) is 0 Å². The van der Waals surface area contributed by atoms with E-state index >= 15 is 0 Å². The normalized spacial score (nSPS) is 17.8. The molecule has 64 heavy (non-hydrogen) atoms. The molecule has 13 nitrogen and oxygen atoms in total. The molecule has 4 aromatic carbocycles. The van der Waals surface area contributed by atoms with Gasteiger partial charge in [-0.3, -0.25) is 19.6 Å². The van der Waals surface area contributed by atoms with Crippen LogP contribution in [0.25, 0.3) is 11.1 Å². The van der Waals surface area contributed by atoms with Crippen molar-refractivity contribution in [2.45, 2.75) is 76.6 Å². The Kier molecular flexibility index (Phi) is 12.7. The maximum Gasteiger partial charge on any atom is 0.260 e. The lowest BCUT2D eigenvalue weighted by Crippen LogP contribution is -2.38. The van der Waals surface area contributed by atoms with Gasteiger partial charge in [0.15, 0.2) is 23.0 Å². The summed E-state index contributed by atoms with van der Waals surface area (Å²) >= 11 is 0. The molecule has 0 fully saturated rings. The molecule has 4 aliphatic rings. The van der Waals surface area contributed by atoms with E-state index in [1.165, 1.54) is 0 Å². The van der Waals surface area contributed by atoms with Crippen molar-refractivity contribution in [1.29, 1.82) is 0 Å². The Morgan fingerprint density at radius 3 is 1.58 bits per heavy atom. The number of nitrogens with one attached hydrogen (secondary N) is 1. The second kappa shape index (κ2) is 18.3. The average molecular weight is 868 g/mol. The van der Waals surface area contributed by atoms with Crippen molar-refractivity contribution >= 4 is 46.8 Å². The highest BCUT2D eigenvalue weighted by molar-refractivity contribution is 6.06. The highest BCUT2D eigenvalue weighted by Gasteiger charge is 2.35. The molecule has 0 saturated heterocycles. The molecule has 1 N–H and O–H groups in total. The molecule has 334 valence electrons. The first-order valence-corrected chi connectivity index (χ1v) is 21.7. The van der Waals surface area contributed by atoms with E-state index in [2.05, 4.69) is 57.3 Å². The summed E-state index contributed by atoms with van der Waals surface area (Å²) in [7, 11) is 6.70. The number of carbonyl (C=O) groups excluding carboxylic acids is 2. The number of aliphatic imine (C=N–C) groups is 2. The minimum atomic E-state index is -0.443. The summed E-state index contributed by atoms with van der Waals surface area (Å²) < 4.78 is 35.3. The van der Waals surface area contributed by atoms with Crippen LogP contribution in [0.15, 0.2) is 95.2 Å². The zero-order valence-electron chi connectivity index (χ0n) is 37.9. The first kappa shape index (κ1) is 44.2. The quantitative estimate of drug-likeness (QED) is 0.103. The van der Waals surface area contributed by atoms with Gasteiger partial charge in [-0.15, -0.1) is 0 Å². The van der Waals surface area contributed by atoms with E-state index in [-0.39, 0.29) is 29.4 Å². The molecule has 2 amide bonds. The Labute approximate surface area is 375 Å². The molecule has 4 aromatic rings. The Morgan fingerprint density at radius 2 is 1.12 bits per heavy atom. The predicted octanol–water partition coefficient (Wildman–Crippen LogP) is 9.14. The first-order valence-electron chi connectivity index (χ1n) is 21.7. The Morgan fingerprint density at radius 1 is 0.641 bits per heavy atom. The fraction of sp³-hybridized carbons (Fsp3) is 0.373. The van der Waals surface area contributed by atoms with Crippen molar-refractivity contribution < 1.29 is 38.0 Å². The van der Waals surface area contributed by atoms with Crippen LogP contribution < -0.4 is 29.0 Å². The number of hydrogen-bond acceptors (Lipinski definition) is 11. The standard InChI is InChI=1S/C51H57N5O8/c1-50(2,52-5)18-21-64-51(3,4)36-14-10-32(11-15-36)34-22-37-28-53-42-26-46(44(60-7)24-40(42)48(57)55(37)30-34)62-19-9-20-63-47-27-43-41(25-45(47)61-8)49(58)56-31-35(23-38(56)29-54-43)33-12-16-39(59-6)17-13-33/h10-17,24-31,37-38,52H,9,18-23H2,1-8H3. The fourth-order valence-electron chi connectivity index (χ4n) is 8.23. The van der Waals surface area contributed by atoms with E-state index in [4.69, 9.17) is 38.4 Å². The molecule has 0 bridgehead atoms. The topological polar surface area (TPSA) is 133 Å². The molecule has 8 rings (SSSR count). The van der Waals surface area contributed by atoms with Crippen molar-refractivity contribution in [2.24, 2.45) is 9.98 Å². The van der Waals surface area contributed by atoms with Crippen LogP contribution in [0.4, 0.5) is 11.4 Å². The van der Waals surface area contributed by atoms with Crippen molar-refractivity contribution in [3.05, 3.63) is 113 Å². The van der Waals surface area contributed by atoms with E-state index in [1.54, 1.807) is 55.4 Å². The van der Waals surface area contributed by atoms with E-state index in [0.29, 0.717) is 84.6 Å². The number of benzene rings is 4. The van der Waals surface area contributed by atoms with Gasteiger partial charge >= 0.3 is 0 Å². The molecule has 2 unspecified atom stereocenters. The third-order valence-corrected chi connectivity index (χ3v) is 12.5. The second-order valence-electron chi connectivity index (χ2n) is 17.5. The minimum Gasteiger partial charge on any atom is -0.497 e. The highest BCUT2D eigenvalue weighted by atomic mass is 16.5. The van der Waals surface area contributed by atoms with Gasteiger partial charge in [-0.2, -0.15) is 0 Å². The number of fused-ring (bicyclic) bond motifs is 4. The third kappa shape index (κ3) is 9.13. The van der Waals surface area contributed by atoms with Crippen LogP contribution in [0.1, 0.15) is 90.8 Å². The molecule has 2 atom stereocenters. The van der Waals surface area contributed by atoms with Gasteiger partial charge in [-0.25, -0.2) is 0 Å². The number of hydrogen-bond donors (Lipinski definition) is 1. The smallest absolute Gasteiger partial charge is 0.260 e. The number of rotatable bonds is 17. The predicted molar refractivity (Wildman–Crippen MR) is 249 cm³/mol. The van der Waals surface area contributed by atoms with E-state index in [1.807, 2.05) is 56.1 Å². The SMILES string of the molecule is CNC(C)(C)CCOC(C)(C)c1ccc(C2=CN3C(=O)c4cc(OC)c(OCCCOc5cc6c(cc5OC)C(=O)N5C=C(c7ccc(OC)cc7)CC5C=N6)cc4N=CC3C2)cc1. The lowest BCUT2D eigenvalue weighted by Gasteiger charge is -2.30.